The Morgan fingerprint density at radius 3 is 2.79 bits per heavy atom. The molecule has 0 aliphatic heterocycles. The van der Waals surface area contributed by atoms with Gasteiger partial charge >= 0.3 is 0 Å². The van der Waals surface area contributed by atoms with Crippen LogP contribution in [0.2, 0.25) is 0 Å². The second-order valence-corrected chi connectivity index (χ2v) is 6.70. The third-order valence-electron chi connectivity index (χ3n) is 2.84. The van der Waals surface area contributed by atoms with Crippen molar-refractivity contribution in [2.24, 2.45) is 0 Å². The van der Waals surface area contributed by atoms with Crippen LogP contribution in [0.4, 0.5) is 0 Å². The predicted molar refractivity (Wildman–Crippen MR) is 81.5 cm³/mol. The lowest BCUT2D eigenvalue weighted by Crippen LogP contribution is -2.26. The zero-order valence-corrected chi connectivity index (χ0v) is 13.5. The number of hydrogen-bond acceptors (Lipinski definition) is 3. The minimum absolute atomic E-state index is 0.0323. The van der Waals surface area contributed by atoms with E-state index in [-0.39, 0.29) is 5.91 Å². The highest BCUT2D eigenvalue weighted by atomic mass is 79.9. The smallest absolute Gasteiger partial charge is 0.254 e. The normalized spacial score (nSPS) is 10.5. The summed E-state index contributed by atoms with van der Waals surface area (Å²) in [6.45, 7) is 4.51. The van der Waals surface area contributed by atoms with E-state index in [0.717, 1.165) is 25.5 Å². The van der Waals surface area contributed by atoms with Gasteiger partial charge in [0.1, 0.15) is 0 Å². The Labute approximate surface area is 125 Å². The van der Waals surface area contributed by atoms with Gasteiger partial charge in [0.15, 0.2) is 0 Å². The SMILES string of the molecule is Cc1ncc(CN(C)C(=O)c2cc(Br)ccc2C)s1. The number of aryl methyl sites for hydroxylation is 2. The van der Waals surface area contributed by atoms with E-state index in [0.29, 0.717) is 6.54 Å². The minimum atomic E-state index is 0.0323. The molecule has 0 radical (unpaired) electrons. The van der Waals surface area contributed by atoms with Crippen LogP contribution in [0.3, 0.4) is 0 Å². The van der Waals surface area contributed by atoms with Crippen LogP contribution in [-0.4, -0.2) is 22.8 Å². The molecule has 1 aromatic carbocycles. The van der Waals surface area contributed by atoms with E-state index in [1.165, 1.54) is 0 Å². The van der Waals surface area contributed by atoms with Crippen molar-refractivity contribution in [1.82, 2.24) is 9.88 Å². The van der Waals surface area contributed by atoms with E-state index < -0.39 is 0 Å². The maximum atomic E-state index is 12.4. The van der Waals surface area contributed by atoms with Gasteiger partial charge in [0.25, 0.3) is 5.91 Å². The number of amides is 1. The second kappa shape index (κ2) is 5.84. The van der Waals surface area contributed by atoms with E-state index in [4.69, 9.17) is 0 Å². The molecule has 19 heavy (non-hydrogen) atoms. The molecule has 0 unspecified atom stereocenters. The molecule has 100 valence electrons. The number of nitrogens with zero attached hydrogens (tertiary/aromatic N) is 2. The molecule has 0 spiro atoms. The summed E-state index contributed by atoms with van der Waals surface area (Å²) in [5, 5.41) is 1.02. The van der Waals surface area contributed by atoms with Crippen LogP contribution >= 0.6 is 27.3 Å². The largest absolute Gasteiger partial charge is 0.336 e. The first-order valence-corrected chi connectivity index (χ1v) is 7.51. The van der Waals surface area contributed by atoms with Gasteiger partial charge in [0.2, 0.25) is 0 Å². The predicted octanol–water partition coefficient (Wildman–Crippen LogP) is 3.79. The fraction of sp³-hybridized carbons (Fsp3) is 0.286. The summed E-state index contributed by atoms with van der Waals surface area (Å²) in [6.07, 6.45) is 1.83. The van der Waals surface area contributed by atoms with E-state index in [2.05, 4.69) is 20.9 Å². The molecule has 2 rings (SSSR count). The molecule has 1 aromatic heterocycles. The molecule has 1 amide bonds. The Morgan fingerprint density at radius 2 is 2.16 bits per heavy atom. The summed E-state index contributed by atoms with van der Waals surface area (Å²) in [4.78, 5) is 19.4. The van der Waals surface area contributed by atoms with Crippen LogP contribution in [0.25, 0.3) is 0 Å². The molecule has 1 heterocycles. The van der Waals surface area contributed by atoms with Gasteiger partial charge in [-0.05, 0) is 31.5 Å². The van der Waals surface area contributed by atoms with Crippen molar-refractivity contribution in [2.75, 3.05) is 7.05 Å². The van der Waals surface area contributed by atoms with Gasteiger partial charge in [-0.3, -0.25) is 4.79 Å². The topological polar surface area (TPSA) is 33.2 Å². The molecule has 0 bridgehead atoms. The van der Waals surface area contributed by atoms with Crippen molar-refractivity contribution in [1.29, 1.82) is 0 Å². The summed E-state index contributed by atoms with van der Waals surface area (Å²) in [5.74, 6) is 0.0323. The first-order chi connectivity index (χ1) is 8.97. The molecule has 0 aliphatic rings. The summed E-state index contributed by atoms with van der Waals surface area (Å²) >= 11 is 5.03. The highest BCUT2D eigenvalue weighted by Gasteiger charge is 2.15. The number of aromatic nitrogens is 1. The quantitative estimate of drug-likeness (QED) is 0.852. The Morgan fingerprint density at radius 1 is 1.42 bits per heavy atom. The van der Waals surface area contributed by atoms with E-state index in [1.54, 1.807) is 16.2 Å². The van der Waals surface area contributed by atoms with Crippen molar-refractivity contribution >= 4 is 33.2 Å². The molecule has 5 heteroatoms. The summed E-state index contributed by atoms with van der Waals surface area (Å²) in [5.41, 5.74) is 1.72. The molecule has 2 aromatic rings. The van der Waals surface area contributed by atoms with Gasteiger partial charge in [0.05, 0.1) is 11.6 Å². The first kappa shape index (κ1) is 14.2. The molecule has 0 fully saturated rings. The standard InChI is InChI=1S/C14H15BrN2OS/c1-9-4-5-11(15)6-13(9)14(18)17(3)8-12-7-16-10(2)19-12/h4-7H,8H2,1-3H3. The van der Waals surface area contributed by atoms with Gasteiger partial charge in [0, 0.05) is 28.2 Å². The lowest BCUT2D eigenvalue weighted by atomic mass is 10.1. The number of carbonyl (C=O) groups excluding carboxylic acids is 1. The third kappa shape index (κ3) is 3.42. The molecule has 0 saturated carbocycles. The fourth-order valence-electron chi connectivity index (χ4n) is 1.81. The minimum Gasteiger partial charge on any atom is -0.336 e. The Hall–Kier alpha value is -1.20. The van der Waals surface area contributed by atoms with Gasteiger partial charge in [-0.2, -0.15) is 0 Å². The van der Waals surface area contributed by atoms with Crippen LogP contribution in [-0.2, 0) is 6.54 Å². The van der Waals surface area contributed by atoms with Crippen LogP contribution < -0.4 is 0 Å². The molecular formula is C14H15BrN2OS. The van der Waals surface area contributed by atoms with Crippen LogP contribution in [0, 0.1) is 13.8 Å². The Kier molecular flexibility index (Phi) is 4.37. The molecule has 0 aliphatic carbocycles. The maximum Gasteiger partial charge on any atom is 0.254 e. The van der Waals surface area contributed by atoms with Gasteiger partial charge in [-0.1, -0.05) is 22.0 Å². The van der Waals surface area contributed by atoms with Gasteiger partial charge in [-0.15, -0.1) is 11.3 Å². The van der Waals surface area contributed by atoms with Crippen molar-refractivity contribution < 1.29 is 4.79 Å². The van der Waals surface area contributed by atoms with Crippen LogP contribution in [0.1, 0.15) is 25.8 Å². The van der Waals surface area contributed by atoms with Gasteiger partial charge < -0.3 is 4.90 Å². The first-order valence-electron chi connectivity index (χ1n) is 5.90. The number of thiazole rings is 1. The average Bonchev–Trinajstić information content (AvgIpc) is 2.77. The Bertz CT molecular complexity index is 609. The van der Waals surface area contributed by atoms with E-state index in [9.17, 15) is 4.79 Å². The van der Waals surface area contributed by atoms with Crippen molar-refractivity contribution in [3.63, 3.8) is 0 Å². The summed E-state index contributed by atoms with van der Waals surface area (Å²) in [7, 11) is 1.82. The van der Waals surface area contributed by atoms with Crippen molar-refractivity contribution in [3.8, 4) is 0 Å². The number of hydrogen-bond donors (Lipinski definition) is 0. The third-order valence-corrected chi connectivity index (χ3v) is 4.23. The molecule has 3 nitrogen and oxygen atoms in total. The zero-order chi connectivity index (χ0) is 14.0. The van der Waals surface area contributed by atoms with E-state index in [1.807, 2.05) is 45.3 Å². The zero-order valence-electron chi connectivity index (χ0n) is 11.1. The van der Waals surface area contributed by atoms with Gasteiger partial charge in [-0.25, -0.2) is 4.98 Å². The van der Waals surface area contributed by atoms with E-state index >= 15 is 0 Å². The molecule has 0 atom stereocenters. The molecular weight excluding hydrogens is 324 g/mol. The number of rotatable bonds is 3. The average molecular weight is 339 g/mol. The molecule has 0 N–H and O–H groups in total. The highest BCUT2D eigenvalue weighted by Crippen LogP contribution is 2.19. The number of halogens is 1. The lowest BCUT2D eigenvalue weighted by molar-refractivity contribution is 0.0785. The Balaban J connectivity index is 2.16. The molecule has 0 saturated heterocycles. The summed E-state index contributed by atoms with van der Waals surface area (Å²) < 4.78 is 0.920. The maximum absolute atomic E-state index is 12.4. The fourth-order valence-corrected chi connectivity index (χ4v) is 3.02. The van der Waals surface area contributed by atoms with Crippen LogP contribution in [0.15, 0.2) is 28.9 Å². The monoisotopic (exact) mass is 338 g/mol. The van der Waals surface area contributed by atoms with Crippen molar-refractivity contribution in [2.45, 2.75) is 20.4 Å². The van der Waals surface area contributed by atoms with Crippen molar-refractivity contribution in [3.05, 3.63) is 49.9 Å². The number of benzene rings is 1. The number of carbonyl (C=O) groups is 1. The summed E-state index contributed by atoms with van der Waals surface area (Å²) in [6, 6.07) is 5.76. The van der Waals surface area contributed by atoms with Crippen LogP contribution in [0.5, 0.6) is 0 Å². The lowest BCUT2D eigenvalue weighted by Gasteiger charge is -2.17. The highest BCUT2D eigenvalue weighted by molar-refractivity contribution is 9.10. The second-order valence-electron chi connectivity index (χ2n) is 4.47.